The van der Waals surface area contributed by atoms with E-state index in [0.29, 0.717) is 11.3 Å². The first-order valence-electron chi connectivity index (χ1n) is 5.19. The van der Waals surface area contributed by atoms with Crippen molar-refractivity contribution in [3.63, 3.8) is 0 Å². The van der Waals surface area contributed by atoms with Crippen LogP contribution in [0.1, 0.15) is 12.5 Å². The Bertz CT molecular complexity index is 491. The molecule has 3 nitrogen and oxygen atoms in total. The lowest BCUT2D eigenvalue weighted by Crippen LogP contribution is -2.40. The van der Waals surface area contributed by atoms with Gasteiger partial charge in [-0.15, -0.1) is 0 Å². The number of alkyl halides is 2. The van der Waals surface area contributed by atoms with Gasteiger partial charge in [-0.3, -0.25) is 5.10 Å². The van der Waals surface area contributed by atoms with E-state index in [2.05, 4.69) is 10.2 Å². The van der Waals surface area contributed by atoms with Gasteiger partial charge >= 0.3 is 0 Å². The van der Waals surface area contributed by atoms with Crippen molar-refractivity contribution in [2.24, 2.45) is 5.73 Å². The van der Waals surface area contributed by atoms with Gasteiger partial charge in [0.1, 0.15) is 5.54 Å². The molecule has 0 spiro atoms. The molecule has 0 saturated carbocycles. The van der Waals surface area contributed by atoms with Crippen molar-refractivity contribution in [3.8, 4) is 11.3 Å². The summed E-state index contributed by atoms with van der Waals surface area (Å²) in [6.07, 6.45) is -1.29. The summed E-state index contributed by atoms with van der Waals surface area (Å²) >= 11 is 0. The minimum Gasteiger partial charge on any atom is -0.317 e. The summed E-state index contributed by atoms with van der Waals surface area (Å²) in [4.78, 5) is 0. The van der Waals surface area contributed by atoms with Crippen molar-refractivity contribution in [2.75, 3.05) is 0 Å². The lowest BCUT2D eigenvalue weighted by Gasteiger charge is -2.23. The molecule has 5 heteroatoms. The maximum Gasteiger partial charge on any atom is 0.260 e. The monoisotopic (exact) mass is 237 g/mol. The van der Waals surface area contributed by atoms with Crippen LogP contribution in [0, 0.1) is 0 Å². The van der Waals surface area contributed by atoms with Crippen molar-refractivity contribution in [3.05, 3.63) is 42.1 Å². The second kappa shape index (κ2) is 4.25. The lowest BCUT2D eigenvalue weighted by atomic mass is 9.92. The Labute approximate surface area is 97.7 Å². The van der Waals surface area contributed by atoms with Gasteiger partial charge in [0.2, 0.25) is 0 Å². The van der Waals surface area contributed by atoms with Crippen LogP contribution in [0.2, 0.25) is 0 Å². The van der Waals surface area contributed by atoms with E-state index in [1.54, 1.807) is 0 Å². The fraction of sp³-hybridized carbons (Fsp3) is 0.250. The third kappa shape index (κ3) is 2.06. The van der Waals surface area contributed by atoms with Crippen molar-refractivity contribution < 1.29 is 8.78 Å². The molecule has 0 aliphatic carbocycles. The summed E-state index contributed by atoms with van der Waals surface area (Å²) in [5.74, 6) is 0. The first kappa shape index (κ1) is 11.7. The Kier molecular flexibility index (Phi) is 2.93. The van der Waals surface area contributed by atoms with E-state index in [1.807, 2.05) is 30.3 Å². The molecule has 1 aromatic heterocycles. The summed E-state index contributed by atoms with van der Waals surface area (Å²) in [6, 6.07) is 9.15. The van der Waals surface area contributed by atoms with Gasteiger partial charge in [-0.1, -0.05) is 30.3 Å². The number of rotatable bonds is 3. The van der Waals surface area contributed by atoms with Crippen LogP contribution in [0.3, 0.4) is 0 Å². The number of hydrogen-bond acceptors (Lipinski definition) is 2. The fourth-order valence-corrected chi connectivity index (χ4v) is 1.64. The van der Waals surface area contributed by atoms with E-state index in [4.69, 9.17) is 5.73 Å². The summed E-state index contributed by atoms with van der Waals surface area (Å²) in [5, 5.41) is 6.53. The second-order valence-corrected chi connectivity index (χ2v) is 4.11. The highest BCUT2D eigenvalue weighted by Gasteiger charge is 2.35. The van der Waals surface area contributed by atoms with Gasteiger partial charge in [0.25, 0.3) is 6.43 Å². The molecule has 17 heavy (non-hydrogen) atoms. The number of aromatic nitrogens is 2. The Hall–Kier alpha value is -1.75. The first-order chi connectivity index (χ1) is 8.03. The van der Waals surface area contributed by atoms with Crippen LogP contribution < -0.4 is 5.73 Å². The third-order valence-electron chi connectivity index (χ3n) is 2.74. The van der Waals surface area contributed by atoms with Crippen LogP contribution in [0.25, 0.3) is 11.3 Å². The molecular weight excluding hydrogens is 224 g/mol. The van der Waals surface area contributed by atoms with E-state index in [9.17, 15) is 8.78 Å². The van der Waals surface area contributed by atoms with Crippen molar-refractivity contribution in [2.45, 2.75) is 18.9 Å². The summed E-state index contributed by atoms with van der Waals surface area (Å²) in [7, 11) is 0. The van der Waals surface area contributed by atoms with Crippen LogP contribution in [-0.2, 0) is 5.54 Å². The van der Waals surface area contributed by atoms with Crippen LogP contribution in [0.5, 0.6) is 0 Å². The van der Waals surface area contributed by atoms with E-state index < -0.39 is 12.0 Å². The highest BCUT2D eigenvalue weighted by Crippen LogP contribution is 2.32. The fourth-order valence-electron chi connectivity index (χ4n) is 1.64. The topological polar surface area (TPSA) is 54.7 Å². The largest absolute Gasteiger partial charge is 0.317 e. The Morgan fingerprint density at radius 2 is 1.94 bits per heavy atom. The van der Waals surface area contributed by atoms with E-state index >= 15 is 0 Å². The van der Waals surface area contributed by atoms with Crippen LogP contribution in [0.15, 0.2) is 36.5 Å². The normalized spacial score (nSPS) is 14.9. The summed E-state index contributed by atoms with van der Waals surface area (Å²) < 4.78 is 25.8. The summed E-state index contributed by atoms with van der Waals surface area (Å²) in [6.45, 7) is 1.30. The molecule has 0 fully saturated rings. The molecule has 1 heterocycles. The minimum absolute atomic E-state index is 0.318. The molecule has 3 N–H and O–H groups in total. The van der Waals surface area contributed by atoms with Gasteiger partial charge in [-0.2, -0.15) is 5.10 Å². The van der Waals surface area contributed by atoms with Crippen LogP contribution in [-0.4, -0.2) is 16.6 Å². The molecule has 1 unspecified atom stereocenters. The number of H-pyrrole nitrogens is 1. The number of hydrogen-bond donors (Lipinski definition) is 2. The number of nitrogens with two attached hydrogens (primary N) is 1. The maximum absolute atomic E-state index is 12.9. The zero-order valence-electron chi connectivity index (χ0n) is 9.32. The van der Waals surface area contributed by atoms with Crippen LogP contribution >= 0.6 is 0 Å². The average molecular weight is 237 g/mol. The number of nitrogens with one attached hydrogen (secondary N) is 1. The Morgan fingerprint density at radius 3 is 2.53 bits per heavy atom. The molecule has 0 saturated heterocycles. The van der Waals surface area contributed by atoms with Crippen molar-refractivity contribution in [1.82, 2.24) is 10.2 Å². The minimum atomic E-state index is -2.65. The lowest BCUT2D eigenvalue weighted by molar-refractivity contribution is 0.0628. The van der Waals surface area contributed by atoms with Gasteiger partial charge in [0.15, 0.2) is 0 Å². The molecular formula is C12H13F2N3. The van der Waals surface area contributed by atoms with E-state index in [0.717, 1.165) is 5.56 Å². The van der Waals surface area contributed by atoms with Gasteiger partial charge in [-0.25, -0.2) is 8.78 Å². The smallest absolute Gasteiger partial charge is 0.260 e. The zero-order chi connectivity index (χ0) is 12.5. The third-order valence-corrected chi connectivity index (χ3v) is 2.74. The molecule has 1 atom stereocenters. The molecule has 0 bridgehead atoms. The van der Waals surface area contributed by atoms with E-state index in [-0.39, 0.29) is 0 Å². The van der Waals surface area contributed by atoms with Gasteiger partial charge in [0, 0.05) is 5.56 Å². The van der Waals surface area contributed by atoms with Crippen LogP contribution in [0.4, 0.5) is 8.78 Å². The van der Waals surface area contributed by atoms with Gasteiger partial charge in [-0.05, 0) is 12.5 Å². The number of aromatic amines is 1. The maximum atomic E-state index is 12.9. The quantitative estimate of drug-likeness (QED) is 0.861. The van der Waals surface area contributed by atoms with Gasteiger partial charge < -0.3 is 5.73 Å². The molecule has 0 aliphatic rings. The SMILES string of the molecule is CC(N)(c1cn[nH]c1-c1ccccc1)C(F)F. The number of nitrogens with zero attached hydrogens (tertiary/aromatic N) is 1. The molecule has 0 amide bonds. The highest BCUT2D eigenvalue weighted by molar-refractivity contribution is 5.64. The molecule has 0 radical (unpaired) electrons. The molecule has 2 rings (SSSR count). The number of halogens is 2. The Balaban J connectivity index is 2.50. The van der Waals surface area contributed by atoms with Crippen molar-refractivity contribution >= 4 is 0 Å². The average Bonchev–Trinajstić information content (AvgIpc) is 2.79. The Morgan fingerprint density at radius 1 is 1.29 bits per heavy atom. The second-order valence-electron chi connectivity index (χ2n) is 4.11. The first-order valence-corrected chi connectivity index (χ1v) is 5.19. The molecule has 1 aromatic carbocycles. The van der Waals surface area contributed by atoms with E-state index in [1.165, 1.54) is 13.1 Å². The zero-order valence-corrected chi connectivity index (χ0v) is 9.32. The highest BCUT2D eigenvalue weighted by atomic mass is 19.3. The van der Waals surface area contributed by atoms with Crippen molar-refractivity contribution in [1.29, 1.82) is 0 Å². The van der Waals surface area contributed by atoms with Gasteiger partial charge in [0.05, 0.1) is 11.9 Å². The molecule has 0 aliphatic heterocycles. The predicted octanol–water partition coefficient (Wildman–Crippen LogP) is 2.52. The number of benzene rings is 1. The standard InChI is InChI=1S/C12H13F2N3/c1-12(15,11(13)14)9-7-16-17-10(9)8-5-3-2-4-6-8/h2-7,11H,15H2,1H3,(H,16,17). The molecule has 2 aromatic rings. The predicted molar refractivity (Wildman–Crippen MR) is 61.6 cm³/mol. The summed E-state index contributed by atoms with van der Waals surface area (Å²) in [5.41, 5.74) is 5.59. The molecule has 90 valence electrons.